The van der Waals surface area contributed by atoms with Crippen molar-refractivity contribution in [3.63, 3.8) is 0 Å². The molecule has 4 amide bonds. The van der Waals surface area contributed by atoms with Crippen molar-refractivity contribution in [1.29, 1.82) is 0 Å². The van der Waals surface area contributed by atoms with Crippen LogP contribution in [0.3, 0.4) is 0 Å². The minimum Gasteiger partial charge on any atom is -0.508 e. The van der Waals surface area contributed by atoms with Crippen LogP contribution in [0.1, 0.15) is 29.7 Å². The van der Waals surface area contributed by atoms with E-state index in [1.807, 2.05) is 0 Å². The van der Waals surface area contributed by atoms with Gasteiger partial charge in [0.1, 0.15) is 23.9 Å². The Morgan fingerprint density at radius 2 is 1.37 bits per heavy atom. The minimum atomic E-state index is -1.42. The SMILES string of the molecule is NC(=O)CCC(NC(=O)C(Cc1ccccc1)NC(=O)C(Cc1cnc[nH]1)NC(=O)C(N)Cc1ccc(O)cc1)C(=O)O. The number of nitrogens with one attached hydrogen (secondary N) is 4. The van der Waals surface area contributed by atoms with Crippen LogP contribution >= 0.6 is 0 Å². The lowest BCUT2D eigenvalue weighted by Gasteiger charge is -2.25. The molecular weight excluding hydrogens is 558 g/mol. The molecule has 1 aromatic heterocycles. The Balaban J connectivity index is 1.79. The third kappa shape index (κ3) is 10.6. The molecule has 228 valence electrons. The number of carboxylic acids is 1. The van der Waals surface area contributed by atoms with Crippen LogP contribution in [0.2, 0.25) is 0 Å². The number of carbonyl (C=O) groups is 5. The van der Waals surface area contributed by atoms with Crippen molar-refractivity contribution in [2.24, 2.45) is 11.5 Å². The summed E-state index contributed by atoms with van der Waals surface area (Å²) in [6, 6.07) is 10.0. The van der Waals surface area contributed by atoms with Gasteiger partial charge in [0.2, 0.25) is 23.6 Å². The standard InChI is InChI=1S/C29H35N7O7/c30-21(12-18-6-8-20(37)9-7-18)26(39)35-24(14-19-15-32-16-33-19)28(41)36-23(13-17-4-2-1-3-5-17)27(40)34-22(29(42)43)10-11-25(31)38/h1-9,15-16,21-24,37H,10-14,30H2,(H2,31,38)(H,32,33)(H,34,40)(H,35,39)(H,36,41)(H,42,43). The highest BCUT2D eigenvalue weighted by atomic mass is 16.4. The molecule has 0 fully saturated rings. The zero-order valence-electron chi connectivity index (χ0n) is 23.2. The van der Waals surface area contributed by atoms with Crippen molar-refractivity contribution in [3.05, 3.63) is 83.9 Å². The van der Waals surface area contributed by atoms with Gasteiger partial charge in [-0.25, -0.2) is 9.78 Å². The number of aromatic hydroxyl groups is 1. The Morgan fingerprint density at radius 1 is 0.791 bits per heavy atom. The number of imidazole rings is 1. The minimum absolute atomic E-state index is 0.00562. The summed E-state index contributed by atoms with van der Waals surface area (Å²) < 4.78 is 0. The molecule has 1 heterocycles. The normalized spacial score (nSPS) is 13.6. The summed E-state index contributed by atoms with van der Waals surface area (Å²) in [6.45, 7) is 0. The number of phenols is 1. The number of carboxylic acid groups (broad SMARTS) is 1. The van der Waals surface area contributed by atoms with E-state index in [9.17, 15) is 34.2 Å². The summed E-state index contributed by atoms with van der Waals surface area (Å²) in [5.41, 5.74) is 13.1. The van der Waals surface area contributed by atoms with Crippen LogP contribution in [-0.4, -0.2) is 73.9 Å². The average molecular weight is 594 g/mol. The van der Waals surface area contributed by atoms with Crippen LogP contribution < -0.4 is 27.4 Å². The van der Waals surface area contributed by atoms with Gasteiger partial charge in [0.15, 0.2) is 0 Å². The van der Waals surface area contributed by atoms with Gasteiger partial charge in [0, 0.05) is 31.2 Å². The van der Waals surface area contributed by atoms with Gasteiger partial charge in [0.25, 0.3) is 0 Å². The predicted octanol–water partition coefficient (Wildman–Crippen LogP) is -0.725. The van der Waals surface area contributed by atoms with E-state index >= 15 is 0 Å². The number of rotatable bonds is 16. The van der Waals surface area contributed by atoms with E-state index in [1.165, 1.54) is 24.7 Å². The molecule has 2 aromatic carbocycles. The van der Waals surface area contributed by atoms with Crippen LogP contribution in [0.4, 0.5) is 0 Å². The highest BCUT2D eigenvalue weighted by molar-refractivity contribution is 5.94. The van der Waals surface area contributed by atoms with E-state index < -0.39 is 53.8 Å². The van der Waals surface area contributed by atoms with Gasteiger partial charge in [-0.1, -0.05) is 42.5 Å². The second-order valence-electron chi connectivity index (χ2n) is 9.97. The van der Waals surface area contributed by atoms with Gasteiger partial charge in [-0.15, -0.1) is 0 Å². The molecule has 3 aromatic rings. The van der Waals surface area contributed by atoms with Gasteiger partial charge in [-0.05, 0) is 36.1 Å². The average Bonchev–Trinajstić information content (AvgIpc) is 3.49. The number of nitrogens with zero attached hydrogens (tertiary/aromatic N) is 1. The number of primary amides is 1. The lowest BCUT2D eigenvalue weighted by molar-refractivity contribution is -0.142. The summed E-state index contributed by atoms with van der Waals surface area (Å²) in [7, 11) is 0. The number of aliphatic carboxylic acids is 1. The Bertz CT molecular complexity index is 1380. The van der Waals surface area contributed by atoms with Crippen molar-refractivity contribution in [2.45, 2.75) is 56.3 Å². The van der Waals surface area contributed by atoms with Crippen LogP contribution in [0.5, 0.6) is 5.75 Å². The summed E-state index contributed by atoms with van der Waals surface area (Å²) in [5.74, 6) is -4.18. The van der Waals surface area contributed by atoms with Crippen molar-refractivity contribution in [1.82, 2.24) is 25.9 Å². The fraction of sp³-hybridized carbons (Fsp3) is 0.310. The number of H-pyrrole nitrogens is 1. The van der Waals surface area contributed by atoms with E-state index in [-0.39, 0.29) is 37.9 Å². The smallest absolute Gasteiger partial charge is 0.326 e. The van der Waals surface area contributed by atoms with Gasteiger partial charge < -0.3 is 42.6 Å². The molecule has 0 aliphatic carbocycles. The van der Waals surface area contributed by atoms with Gasteiger partial charge >= 0.3 is 5.97 Å². The second kappa shape index (κ2) is 15.7. The maximum atomic E-state index is 13.6. The zero-order valence-corrected chi connectivity index (χ0v) is 23.2. The number of hydrogen-bond donors (Lipinski definition) is 8. The molecule has 0 aliphatic rings. The highest BCUT2D eigenvalue weighted by Gasteiger charge is 2.31. The maximum Gasteiger partial charge on any atom is 0.326 e. The monoisotopic (exact) mass is 593 g/mol. The third-order valence-electron chi connectivity index (χ3n) is 6.55. The third-order valence-corrected chi connectivity index (χ3v) is 6.55. The van der Waals surface area contributed by atoms with Crippen molar-refractivity contribution in [3.8, 4) is 5.75 Å². The van der Waals surface area contributed by atoms with Crippen LogP contribution in [0, 0.1) is 0 Å². The summed E-state index contributed by atoms with van der Waals surface area (Å²) in [6.07, 6.45) is 2.51. The topological polar surface area (TPSA) is 243 Å². The Kier molecular flexibility index (Phi) is 11.8. The summed E-state index contributed by atoms with van der Waals surface area (Å²) in [4.78, 5) is 69.6. The van der Waals surface area contributed by atoms with Gasteiger partial charge in [-0.3, -0.25) is 19.2 Å². The van der Waals surface area contributed by atoms with E-state index in [0.29, 0.717) is 16.8 Å². The maximum absolute atomic E-state index is 13.6. The first-order chi connectivity index (χ1) is 20.5. The fourth-order valence-electron chi connectivity index (χ4n) is 4.23. The Morgan fingerprint density at radius 3 is 1.95 bits per heavy atom. The first-order valence-electron chi connectivity index (χ1n) is 13.5. The number of aromatic amines is 1. The molecule has 4 atom stereocenters. The molecule has 0 aliphatic heterocycles. The van der Waals surface area contributed by atoms with E-state index in [4.69, 9.17) is 11.5 Å². The lowest BCUT2D eigenvalue weighted by Crippen LogP contribution is -2.58. The molecule has 0 radical (unpaired) electrons. The van der Waals surface area contributed by atoms with Crippen molar-refractivity contribution < 1.29 is 34.2 Å². The highest BCUT2D eigenvalue weighted by Crippen LogP contribution is 2.12. The van der Waals surface area contributed by atoms with Crippen LogP contribution in [0.25, 0.3) is 0 Å². The summed E-state index contributed by atoms with van der Waals surface area (Å²) in [5, 5.41) is 26.7. The number of amides is 4. The number of hydrogen-bond acceptors (Lipinski definition) is 8. The molecule has 3 rings (SSSR count). The first kappa shape index (κ1) is 32.3. The van der Waals surface area contributed by atoms with Crippen LogP contribution in [-0.2, 0) is 43.2 Å². The number of phenolic OH excluding ortho intramolecular Hbond substituents is 1. The molecule has 10 N–H and O–H groups in total. The molecule has 4 unspecified atom stereocenters. The lowest BCUT2D eigenvalue weighted by atomic mass is 10.0. The molecule has 14 nitrogen and oxygen atoms in total. The largest absolute Gasteiger partial charge is 0.508 e. The van der Waals surface area contributed by atoms with Crippen molar-refractivity contribution >= 4 is 29.6 Å². The molecule has 0 saturated carbocycles. The quantitative estimate of drug-likeness (QED) is 0.104. The number of benzene rings is 2. The van der Waals surface area contributed by atoms with E-state index in [1.54, 1.807) is 42.5 Å². The molecule has 43 heavy (non-hydrogen) atoms. The Hall–Kier alpha value is -5.24. The molecule has 0 bridgehead atoms. The fourth-order valence-corrected chi connectivity index (χ4v) is 4.23. The summed E-state index contributed by atoms with van der Waals surface area (Å²) >= 11 is 0. The number of carbonyl (C=O) groups excluding carboxylic acids is 4. The molecule has 0 saturated heterocycles. The Labute approximate surface area is 247 Å². The van der Waals surface area contributed by atoms with Crippen molar-refractivity contribution in [2.75, 3.05) is 0 Å². The number of aromatic nitrogens is 2. The molecule has 14 heteroatoms. The molecule has 0 spiro atoms. The van der Waals surface area contributed by atoms with Crippen LogP contribution in [0.15, 0.2) is 67.1 Å². The number of nitrogens with two attached hydrogens (primary N) is 2. The predicted molar refractivity (Wildman–Crippen MR) is 154 cm³/mol. The van der Waals surface area contributed by atoms with Gasteiger partial charge in [0.05, 0.1) is 12.4 Å². The molecular formula is C29H35N7O7. The van der Waals surface area contributed by atoms with E-state index in [0.717, 1.165) is 0 Å². The van der Waals surface area contributed by atoms with E-state index in [2.05, 4.69) is 25.9 Å². The first-order valence-corrected chi connectivity index (χ1v) is 13.5. The zero-order chi connectivity index (χ0) is 31.4. The second-order valence-corrected chi connectivity index (χ2v) is 9.97. The van der Waals surface area contributed by atoms with Gasteiger partial charge in [-0.2, -0.15) is 0 Å².